The Balaban J connectivity index is 1.46. The van der Waals surface area contributed by atoms with Gasteiger partial charge in [-0.05, 0) is 67.1 Å². The van der Waals surface area contributed by atoms with Crippen LogP contribution in [-0.4, -0.2) is 39.1 Å². The fraction of sp³-hybridized carbons (Fsp3) is 0.121. The SMILES string of the molecule is COc1ccc(C(=O)Nc2cccc(SC3=C(Nc4ccccc4)C(=O)N(c4cc(C)ccc4OC)C3=O)c2)c(OC)c1. The molecule has 0 bridgehead atoms. The molecule has 0 spiro atoms. The van der Waals surface area contributed by atoms with E-state index in [1.807, 2.05) is 43.3 Å². The Labute approximate surface area is 253 Å². The Hall–Kier alpha value is -5.22. The van der Waals surface area contributed by atoms with E-state index in [1.54, 1.807) is 54.6 Å². The van der Waals surface area contributed by atoms with Gasteiger partial charge in [-0.15, -0.1) is 0 Å². The van der Waals surface area contributed by atoms with Crippen molar-refractivity contribution in [3.63, 3.8) is 0 Å². The zero-order valence-electron chi connectivity index (χ0n) is 24.0. The summed E-state index contributed by atoms with van der Waals surface area (Å²) in [4.78, 5) is 42.8. The summed E-state index contributed by atoms with van der Waals surface area (Å²) in [7, 11) is 4.51. The van der Waals surface area contributed by atoms with Crippen LogP contribution in [0.4, 0.5) is 17.1 Å². The fourth-order valence-electron chi connectivity index (χ4n) is 4.51. The lowest BCUT2D eigenvalue weighted by molar-refractivity contribution is -0.120. The minimum atomic E-state index is -0.503. The first-order chi connectivity index (χ1) is 20.8. The standard InChI is InChI=1S/C33H29N3O6S/c1-20-13-16-27(41-3)26(17-20)36-32(38)29(34-21-9-6-5-7-10-21)30(33(36)39)43-24-12-8-11-22(18-24)35-31(37)25-15-14-23(40-2)19-28(25)42-4/h5-19,34H,1-4H3,(H,35,37). The molecule has 4 aromatic rings. The molecule has 3 amide bonds. The number of nitrogens with zero attached hydrogens (tertiary/aromatic N) is 1. The number of rotatable bonds is 10. The predicted molar refractivity (Wildman–Crippen MR) is 167 cm³/mol. The van der Waals surface area contributed by atoms with Crippen molar-refractivity contribution in [2.24, 2.45) is 0 Å². The van der Waals surface area contributed by atoms with Crippen LogP contribution in [-0.2, 0) is 9.59 Å². The number of carbonyl (C=O) groups is 3. The molecular weight excluding hydrogens is 566 g/mol. The Morgan fingerprint density at radius 1 is 0.744 bits per heavy atom. The Morgan fingerprint density at radius 2 is 1.49 bits per heavy atom. The maximum Gasteiger partial charge on any atom is 0.283 e. The van der Waals surface area contributed by atoms with Gasteiger partial charge in [0.25, 0.3) is 17.7 Å². The average molecular weight is 596 g/mol. The average Bonchev–Trinajstić information content (AvgIpc) is 3.24. The molecule has 0 unspecified atom stereocenters. The van der Waals surface area contributed by atoms with E-state index in [1.165, 1.54) is 21.3 Å². The topological polar surface area (TPSA) is 106 Å². The summed E-state index contributed by atoms with van der Waals surface area (Å²) in [6.45, 7) is 1.88. The van der Waals surface area contributed by atoms with Crippen molar-refractivity contribution in [2.45, 2.75) is 11.8 Å². The van der Waals surface area contributed by atoms with Gasteiger partial charge in [0.2, 0.25) is 0 Å². The summed E-state index contributed by atoms with van der Waals surface area (Å²) >= 11 is 1.13. The van der Waals surface area contributed by atoms with Gasteiger partial charge in [0.05, 0.1) is 32.6 Å². The van der Waals surface area contributed by atoms with Crippen LogP contribution < -0.4 is 29.7 Å². The largest absolute Gasteiger partial charge is 0.497 e. The van der Waals surface area contributed by atoms with Crippen molar-refractivity contribution < 1.29 is 28.6 Å². The van der Waals surface area contributed by atoms with Gasteiger partial charge in [0.15, 0.2) is 0 Å². The third kappa shape index (κ3) is 6.19. The summed E-state index contributed by atoms with van der Waals surface area (Å²) < 4.78 is 16.1. The summed E-state index contributed by atoms with van der Waals surface area (Å²) in [5.74, 6) is -0.0431. The molecule has 10 heteroatoms. The highest BCUT2D eigenvalue weighted by Crippen LogP contribution is 2.41. The van der Waals surface area contributed by atoms with Crippen molar-refractivity contribution in [1.82, 2.24) is 0 Å². The molecule has 1 aliphatic heterocycles. The second kappa shape index (κ2) is 12.7. The van der Waals surface area contributed by atoms with Crippen LogP contribution in [0.15, 0.2) is 106 Å². The van der Waals surface area contributed by atoms with Gasteiger partial charge in [-0.3, -0.25) is 14.4 Å². The number of methoxy groups -OCH3 is 3. The number of thioether (sulfide) groups is 1. The zero-order valence-corrected chi connectivity index (χ0v) is 24.8. The van der Waals surface area contributed by atoms with Gasteiger partial charge < -0.3 is 24.8 Å². The van der Waals surface area contributed by atoms with Crippen LogP contribution in [0.5, 0.6) is 17.2 Å². The number of amides is 3. The molecule has 218 valence electrons. The lowest BCUT2D eigenvalue weighted by Crippen LogP contribution is -2.32. The van der Waals surface area contributed by atoms with Crippen molar-refractivity contribution >= 4 is 46.5 Å². The van der Waals surface area contributed by atoms with E-state index in [0.717, 1.165) is 22.2 Å². The highest BCUT2D eigenvalue weighted by atomic mass is 32.2. The quantitative estimate of drug-likeness (QED) is 0.207. The number of nitrogens with one attached hydrogen (secondary N) is 2. The van der Waals surface area contributed by atoms with Gasteiger partial charge in [0.1, 0.15) is 27.9 Å². The molecule has 0 saturated carbocycles. The predicted octanol–water partition coefficient (Wildman–Crippen LogP) is 6.26. The smallest absolute Gasteiger partial charge is 0.283 e. The van der Waals surface area contributed by atoms with Gasteiger partial charge in [0, 0.05) is 22.3 Å². The third-order valence-corrected chi connectivity index (χ3v) is 7.70. The van der Waals surface area contributed by atoms with E-state index >= 15 is 0 Å². The molecule has 2 N–H and O–H groups in total. The molecule has 43 heavy (non-hydrogen) atoms. The maximum absolute atomic E-state index is 13.9. The minimum absolute atomic E-state index is 0.141. The van der Waals surface area contributed by atoms with E-state index in [0.29, 0.717) is 44.8 Å². The molecule has 0 radical (unpaired) electrons. The van der Waals surface area contributed by atoms with Crippen LogP contribution >= 0.6 is 11.8 Å². The summed E-state index contributed by atoms with van der Waals surface area (Å²) in [5.41, 5.74) is 2.85. The van der Waals surface area contributed by atoms with E-state index < -0.39 is 11.8 Å². The van der Waals surface area contributed by atoms with Crippen molar-refractivity contribution in [3.05, 3.63) is 113 Å². The Kier molecular flexibility index (Phi) is 8.68. The molecule has 0 saturated heterocycles. The van der Waals surface area contributed by atoms with Crippen LogP contribution in [0.1, 0.15) is 15.9 Å². The van der Waals surface area contributed by atoms with Gasteiger partial charge >= 0.3 is 0 Å². The van der Waals surface area contributed by atoms with Crippen molar-refractivity contribution in [3.8, 4) is 17.2 Å². The van der Waals surface area contributed by atoms with E-state index in [2.05, 4.69) is 10.6 Å². The zero-order chi connectivity index (χ0) is 30.5. The molecule has 0 aliphatic carbocycles. The molecule has 1 heterocycles. The van der Waals surface area contributed by atoms with Crippen LogP contribution in [0.25, 0.3) is 0 Å². The number of aryl methyl sites for hydroxylation is 1. The van der Waals surface area contributed by atoms with Crippen molar-refractivity contribution in [2.75, 3.05) is 36.9 Å². The highest BCUT2D eigenvalue weighted by molar-refractivity contribution is 8.04. The highest BCUT2D eigenvalue weighted by Gasteiger charge is 2.41. The number of carbonyl (C=O) groups excluding carboxylic acids is 3. The Bertz CT molecular complexity index is 1740. The number of benzene rings is 4. The monoisotopic (exact) mass is 595 g/mol. The first-order valence-electron chi connectivity index (χ1n) is 13.2. The van der Waals surface area contributed by atoms with E-state index in [-0.39, 0.29) is 16.5 Å². The van der Waals surface area contributed by atoms with E-state index in [9.17, 15) is 14.4 Å². The maximum atomic E-state index is 13.9. The molecule has 4 aromatic carbocycles. The van der Waals surface area contributed by atoms with Gasteiger partial charge in [-0.2, -0.15) is 0 Å². The second-order valence-corrected chi connectivity index (χ2v) is 10.6. The molecular formula is C33H29N3O6S. The second-order valence-electron chi connectivity index (χ2n) is 9.47. The lowest BCUT2D eigenvalue weighted by atomic mass is 10.1. The van der Waals surface area contributed by atoms with Gasteiger partial charge in [-0.25, -0.2) is 4.90 Å². The fourth-order valence-corrected chi connectivity index (χ4v) is 5.50. The van der Waals surface area contributed by atoms with Crippen molar-refractivity contribution in [1.29, 1.82) is 0 Å². The molecule has 1 aliphatic rings. The molecule has 5 rings (SSSR count). The number of para-hydroxylation sites is 1. The summed E-state index contributed by atoms with van der Waals surface area (Å²) in [5, 5.41) is 6.02. The third-order valence-electron chi connectivity index (χ3n) is 6.62. The lowest BCUT2D eigenvalue weighted by Gasteiger charge is -2.19. The number of ether oxygens (including phenoxy) is 3. The molecule has 0 fully saturated rings. The van der Waals surface area contributed by atoms with Gasteiger partial charge in [-0.1, -0.05) is 42.1 Å². The Morgan fingerprint density at radius 3 is 2.21 bits per heavy atom. The van der Waals surface area contributed by atoms with Crippen LogP contribution in [0, 0.1) is 6.92 Å². The number of hydrogen-bond acceptors (Lipinski definition) is 8. The minimum Gasteiger partial charge on any atom is -0.497 e. The molecule has 0 atom stereocenters. The van der Waals surface area contributed by atoms with Crippen LogP contribution in [0.2, 0.25) is 0 Å². The molecule has 9 nitrogen and oxygen atoms in total. The normalized spacial score (nSPS) is 12.8. The number of hydrogen-bond donors (Lipinski definition) is 2. The summed E-state index contributed by atoms with van der Waals surface area (Å²) in [6.07, 6.45) is 0. The summed E-state index contributed by atoms with van der Waals surface area (Å²) in [6, 6.07) is 26.4. The van der Waals surface area contributed by atoms with E-state index in [4.69, 9.17) is 14.2 Å². The number of imide groups is 1. The van der Waals surface area contributed by atoms with Crippen LogP contribution in [0.3, 0.4) is 0 Å². The first-order valence-corrected chi connectivity index (χ1v) is 14.1. The first kappa shape index (κ1) is 29.3. The molecule has 0 aromatic heterocycles. The number of anilines is 3.